The maximum absolute atomic E-state index is 11.5. The molecule has 0 aromatic heterocycles. The molecule has 0 spiro atoms. The highest BCUT2D eigenvalue weighted by Gasteiger charge is 2.06. The third-order valence-corrected chi connectivity index (χ3v) is 2.25. The summed E-state index contributed by atoms with van der Waals surface area (Å²) in [5.41, 5.74) is 0.690. The summed E-state index contributed by atoms with van der Waals surface area (Å²) in [5.74, 6) is 0.587. The van der Waals surface area contributed by atoms with E-state index in [0.717, 1.165) is 6.42 Å². The standard InChI is InChI=1S/C13H20N2O3.ClH/c1-14-10-13(16)15-11-6-3-4-7-12(11)18-9-5-8-17-2;/h3-4,6-7,14H,5,8-10H2,1-2H3,(H,15,16);1H. The lowest BCUT2D eigenvalue weighted by Crippen LogP contribution is -2.25. The fraction of sp³-hybridized carbons (Fsp3) is 0.462. The van der Waals surface area contributed by atoms with Crippen molar-refractivity contribution in [2.24, 2.45) is 0 Å². The van der Waals surface area contributed by atoms with Crippen molar-refractivity contribution in [2.45, 2.75) is 6.42 Å². The summed E-state index contributed by atoms with van der Waals surface area (Å²) < 4.78 is 10.6. The van der Waals surface area contributed by atoms with E-state index in [4.69, 9.17) is 9.47 Å². The van der Waals surface area contributed by atoms with Gasteiger partial charge in [0.25, 0.3) is 0 Å². The van der Waals surface area contributed by atoms with Gasteiger partial charge in [-0.05, 0) is 19.2 Å². The van der Waals surface area contributed by atoms with Gasteiger partial charge in [0.2, 0.25) is 5.91 Å². The van der Waals surface area contributed by atoms with Gasteiger partial charge in [0, 0.05) is 20.1 Å². The molecule has 2 N–H and O–H groups in total. The smallest absolute Gasteiger partial charge is 0.238 e. The molecule has 1 aromatic rings. The Labute approximate surface area is 120 Å². The summed E-state index contributed by atoms with van der Waals surface area (Å²) in [7, 11) is 3.39. The Morgan fingerprint density at radius 1 is 1.26 bits per heavy atom. The van der Waals surface area contributed by atoms with E-state index in [2.05, 4.69) is 10.6 Å². The molecule has 0 saturated heterocycles. The SMILES string of the molecule is CNCC(=O)Nc1ccccc1OCCCOC.Cl. The van der Waals surface area contributed by atoms with Crippen LogP contribution in [0.1, 0.15) is 6.42 Å². The van der Waals surface area contributed by atoms with Crippen molar-refractivity contribution < 1.29 is 14.3 Å². The summed E-state index contributed by atoms with van der Waals surface area (Å²) in [6.45, 7) is 1.50. The first-order valence-corrected chi connectivity index (χ1v) is 5.93. The predicted molar refractivity (Wildman–Crippen MR) is 78.2 cm³/mol. The summed E-state index contributed by atoms with van der Waals surface area (Å²) in [5, 5.41) is 5.59. The van der Waals surface area contributed by atoms with Gasteiger partial charge in [-0.25, -0.2) is 0 Å². The van der Waals surface area contributed by atoms with E-state index in [-0.39, 0.29) is 24.9 Å². The van der Waals surface area contributed by atoms with Crippen LogP contribution in [-0.2, 0) is 9.53 Å². The van der Waals surface area contributed by atoms with Crippen molar-refractivity contribution in [2.75, 3.05) is 39.2 Å². The summed E-state index contributed by atoms with van der Waals surface area (Å²) in [4.78, 5) is 11.5. The monoisotopic (exact) mass is 288 g/mol. The lowest BCUT2D eigenvalue weighted by Gasteiger charge is -2.12. The van der Waals surface area contributed by atoms with Gasteiger partial charge in [0.05, 0.1) is 18.8 Å². The second-order valence-corrected chi connectivity index (χ2v) is 3.77. The van der Waals surface area contributed by atoms with Crippen LogP contribution in [0.15, 0.2) is 24.3 Å². The third-order valence-electron chi connectivity index (χ3n) is 2.25. The van der Waals surface area contributed by atoms with Gasteiger partial charge in [-0.3, -0.25) is 4.79 Å². The molecule has 0 saturated carbocycles. The molecule has 0 unspecified atom stereocenters. The van der Waals surface area contributed by atoms with Gasteiger partial charge >= 0.3 is 0 Å². The minimum atomic E-state index is -0.0922. The van der Waals surface area contributed by atoms with Gasteiger partial charge in [0.1, 0.15) is 5.75 Å². The van der Waals surface area contributed by atoms with E-state index in [1.165, 1.54) is 0 Å². The number of rotatable bonds is 8. The molecule has 0 radical (unpaired) electrons. The predicted octanol–water partition coefficient (Wildman–Crippen LogP) is 1.68. The minimum Gasteiger partial charge on any atom is -0.491 e. The Morgan fingerprint density at radius 2 is 2.00 bits per heavy atom. The molecule has 0 aliphatic carbocycles. The molecule has 5 nitrogen and oxygen atoms in total. The number of amides is 1. The quantitative estimate of drug-likeness (QED) is 0.715. The number of para-hydroxylation sites is 2. The zero-order chi connectivity index (χ0) is 13.2. The Balaban J connectivity index is 0.00000324. The van der Waals surface area contributed by atoms with Crippen LogP contribution in [0.2, 0.25) is 0 Å². The molecule has 108 valence electrons. The first-order valence-electron chi connectivity index (χ1n) is 5.93. The van der Waals surface area contributed by atoms with Gasteiger partial charge in [-0.1, -0.05) is 12.1 Å². The van der Waals surface area contributed by atoms with Gasteiger partial charge in [-0.2, -0.15) is 0 Å². The first kappa shape index (κ1) is 17.7. The highest BCUT2D eigenvalue weighted by molar-refractivity contribution is 5.93. The van der Waals surface area contributed by atoms with Crippen molar-refractivity contribution in [3.63, 3.8) is 0 Å². The highest BCUT2D eigenvalue weighted by atomic mass is 35.5. The number of likely N-dealkylation sites (N-methyl/N-ethyl adjacent to an activating group) is 1. The summed E-state index contributed by atoms with van der Waals surface area (Å²) >= 11 is 0. The molecule has 1 amide bonds. The Hall–Kier alpha value is -1.30. The van der Waals surface area contributed by atoms with Gasteiger partial charge in [-0.15, -0.1) is 12.4 Å². The lowest BCUT2D eigenvalue weighted by molar-refractivity contribution is -0.115. The molecule has 1 aromatic carbocycles. The normalized spacial score (nSPS) is 9.58. The average molecular weight is 289 g/mol. The number of carbonyl (C=O) groups is 1. The third kappa shape index (κ3) is 7.00. The number of nitrogens with one attached hydrogen (secondary N) is 2. The van der Waals surface area contributed by atoms with E-state index in [0.29, 0.717) is 24.7 Å². The van der Waals surface area contributed by atoms with Crippen LogP contribution in [0.4, 0.5) is 5.69 Å². The second kappa shape index (κ2) is 10.6. The van der Waals surface area contributed by atoms with Crippen LogP contribution in [0.25, 0.3) is 0 Å². The van der Waals surface area contributed by atoms with Crippen molar-refractivity contribution in [3.8, 4) is 5.75 Å². The summed E-state index contributed by atoms with van der Waals surface area (Å²) in [6, 6.07) is 7.39. The fourth-order valence-corrected chi connectivity index (χ4v) is 1.44. The number of hydrogen-bond acceptors (Lipinski definition) is 4. The van der Waals surface area contributed by atoms with E-state index in [1.54, 1.807) is 14.2 Å². The number of benzene rings is 1. The Kier molecular flexibility index (Phi) is 9.88. The maximum atomic E-state index is 11.5. The second-order valence-electron chi connectivity index (χ2n) is 3.77. The average Bonchev–Trinajstić information content (AvgIpc) is 2.37. The number of ether oxygens (including phenoxy) is 2. The number of halogens is 1. The number of hydrogen-bond donors (Lipinski definition) is 2. The Morgan fingerprint density at radius 3 is 2.68 bits per heavy atom. The zero-order valence-electron chi connectivity index (χ0n) is 11.3. The van der Waals surface area contributed by atoms with E-state index in [1.807, 2.05) is 24.3 Å². The van der Waals surface area contributed by atoms with Crippen LogP contribution >= 0.6 is 12.4 Å². The molecule has 0 aliphatic rings. The maximum Gasteiger partial charge on any atom is 0.238 e. The van der Waals surface area contributed by atoms with Crippen molar-refractivity contribution >= 4 is 24.0 Å². The Bertz CT molecular complexity index is 375. The largest absolute Gasteiger partial charge is 0.491 e. The van der Waals surface area contributed by atoms with Crippen molar-refractivity contribution in [1.82, 2.24) is 5.32 Å². The molecule has 0 fully saturated rings. The molecule has 6 heteroatoms. The molecule has 0 bridgehead atoms. The number of methoxy groups -OCH3 is 1. The van der Waals surface area contributed by atoms with Gasteiger partial charge < -0.3 is 20.1 Å². The van der Waals surface area contributed by atoms with E-state index in [9.17, 15) is 4.79 Å². The molecule has 0 heterocycles. The van der Waals surface area contributed by atoms with Crippen LogP contribution in [0.5, 0.6) is 5.75 Å². The topological polar surface area (TPSA) is 59.6 Å². The minimum absolute atomic E-state index is 0. The highest BCUT2D eigenvalue weighted by Crippen LogP contribution is 2.23. The molecule has 0 atom stereocenters. The van der Waals surface area contributed by atoms with Crippen LogP contribution in [0.3, 0.4) is 0 Å². The fourth-order valence-electron chi connectivity index (χ4n) is 1.44. The number of anilines is 1. The molecular weight excluding hydrogens is 268 g/mol. The lowest BCUT2D eigenvalue weighted by atomic mass is 10.3. The molecular formula is C13H21ClN2O3. The van der Waals surface area contributed by atoms with E-state index < -0.39 is 0 Å². The molecule has 1 rings (SSSR count). The zero-order valence-corrected chi connectivity index (χ0v) is 12.1. The molecule has 0 aliphatic heterocycles. The van der Waals surface area contributed by atoms with Crippen molar-refractivity contribution in [1.29, 1.82) is 0 Å². The first-order chi connectivity index (χ1) is 8.77. The molecule has 19 heavy (non-hydrogen) atoms. The van der Waals surface area contributed by atoms with Crippen molar-refractivity contribution in [3.05, 3.63) is 24.3 Å². The number of carbonyl (C=O) groups excluding carboxylic acids is 1. The van der Waals surface area contributed by atoms with Gasteiger partial charge in [0.15, 0.2) is 0 Å². The van der Waals surface area contributed by atoms with Crippen LogP contribution in [0, 0.1) is 0 Å². The van der Waals surface area contributed by atoms with E-state index >= 15 is 0 Å². The van der Waals surface area contributed by atoms with Crippen LogP contribution < -0.4 is 15.4 Å². The summed E-state index contributed by atoms with van der Waals surface area (Å²) in [6.07, 6.45) is 0.815. The van der Waals surface area contributed by atoms with Crippen LogP contribution in [-0.4, -0.2) is 39.8 Å².